The van der Waals surface area contributed by atoms with Crippen LogP contribution in [-0.2, 0) is 9.59 Å². The first kappa shape index (κ1) is 19.6. The van der Waals surface area contributed by atoms with Gasteiger partial charge >= 0.3 is 0 Å². The second-order valence-electron chi connectivity index (χ2n) is 5.84. The Hall–Kier alpha value is -0.360. The summed E-state index contributed by atoms with van der Waals surface area (Å²) in [6.45, 7) is 8.20. The van der Waals surface area contributed by atoms with E-state index in [1.165, 1.54) is 0 Å². The molecule has 0 atom stereocenters. The molecule has 0 rings (SSSR count). The largest absolute Gasteiger partial charge is 0.294 e. The zero-order valence-electron chi connectivity index (χ0n) is 14.1. The zero-order chi connectivity index (χ0) is 15.6. The van der Waals surface area contributed by atoms with Crippen LogP contribution in [-0.4, -0.2) is 35.3 Å². The Morgan fingerprint density at radius 3 is 1.20 bits per heavy atom. The van der Waals surface area contributed by atoms with Gasteiger partial charge in [-0.2, -0.15) is 0 Å². The van der Waals surface area contributed by atoms with E-state index in [2.05, 4.69) is 20.8 Å². The van der Waals surface area contributed by atoms with Crippen LogP contribution in [0, 0.1) is 0 Å². The monoisotopic (exact) mass is 300 g/mol. The van der Waals surface area contributed by atoms with Crippen LogP contribution >= 0.6 is 6.89 Å². The van der Waals surface area contributed by atoms with Gasteiger partial charge in [0, 0.05) is 0 Å². The van der Waals surface area contributed by atoms with E-state index in [4.69, 9.17) is 0 Å². The molecule has 0 aromatic heterocycles. The fraction of sp³-hybridized carbons (Fsp3) is 0.824. The third-order valence-electron chi connectivity index (χ3n) is 3.96. The number of carbonyl (C=O) groups is 2. The van der Waals surface area contributed by atoms with E-state index >= 15 is 0 Å². The Bertz CT molecular complexity index is 325. The summed E-state index contributed by atoms with van der Waals surface area (Å²) in [4.78, 5) is 24.2. The molecular formula is C17H33O2P. The summed E-state index contributed by atoms with van der Waals surface area (Å²) in [6, 6.07) is 0. The predicted octanol–water partition coefficient (Wildman–Crippen LogP) is 4.75. The lowest BCUT2D eigenvalue weighted by Crippen LogP contribution is -2.25. The quantitative estimate of drug-likeness (QED) is 0.407. The van der Waals surface area contributed by atoms with Gasteiger partial charge in [-0.25, -0.2) is 0 Å². The summed E-state index contributed by atoms with van der Waals surface area (Å²) in [5, 5.41) is 0.702. The van der Waals surface area contributed by atoms with Crippen molar-refractivity contribution in [3.63, 3.8) is 0 Å². The molecule has 0 amide bonds. The van der Waals surface area contributed by atoms with Crippen LogP contribution in [0.2, 0.25) is 0 Å². The normalized spacial score (nSPS) is 11.4. The number of hydrogen-bond donors (Lipinski definition) is 0. The van der Waals surface area contributed by atoms with Crippen LogP contribution < -0.4 is 0 Å². The molecule has 0 bridgehead atoms. The molecule has 0 aromatic rings. The van der Waals surface area contributed by atoms with Gasteiger partial charge in [-0.05, 0) is 51.6 Å². The van der Waals surface area contributed by atoms with Crippen molar-refractivity contribution in [2.75, 3.05) is 18.5 Å². The highest BCUT2D eigenvalue weighted by Crippen LogP contribution is 2.52. The minimum atomic E-state index is -1.55. The summed E-state index contributed by atoms with van der Waals surface area (Å²) in [5.41, 5.74) is 0. The van der Waals surface area contributed by atoms with Gasteiger partial charge in [0.15, 0.2) is 11.6 Å². The number of ketones is 2. The van der Waals surface area contributed by atoms with Crippen LogP contribution in [0.5, 0.6) is 0 Å². The molecule has 2 nitrogen and oxygen atoms in total. The number of unbranched alkanes of at least 4 members (excludes halogenated alkanes) is 3. The van der Waals surface area contributed by atoms with Gasteiger partial charge in [0.1, 0.15) is 0 Å². The molecule has 20 heavy (non-hydrogen) atoms. The van der Waals surface area contributed by atoms with Crippen LogP contribution in [0.25, 0.3) is 0 Å². The Morgan fingerprint density at radius 2 is 1.00 bits per heavy atom. The smallest absolute Gasteiger partial charge is 0.163 e. The predicted molar refractivity (Wildman–Crippen MR) is 92.6 cm³/mol. The molecule has 0 unspecified atom stereocenters. The molecule has 3 heteroatoms. The van der Waals surface area contributed by atoms with Crippen molar-refractivity contribution < 1.29 is 9.59 Å². The van der Waals surface area contributed by atoms with Gasteiger partial charge in [0.2, 0.25) is 0 Å². The van der Waals surface area contributed by atoms with Gasteiger partial charge in [0.25, 0.3) is 0 Å². The number of Topliss-reactive ketones (excluding diaryl/α,β-unsaturated/α-hetero) is 2. The van der Waals surface area contributed by atoms with E-state index in [0.717, 1.165) is 57.0 Å². The Morgan fingerprint density at radius 1 is 0.700 bits per heavy atom. The zero-order valence-corrected chi connectivity index (χ0v) is 15.0. The van der Waals surface area contributed by atoms with Crippen molar-refractivity contribution in [1.29, 1.82) is 0 Å². The molecule has 0 saturated heterocycles. The molecule has 0 aliphatic rings. The van der Waals surface area contributed by atoms with Crippen molar-refractivity contribution in [1.82, 2.24) is 0 Å². The Labute approximate surface area is 125 Å². The minimum Gasteiger partial charge on any atom is -0.294 e. The second kappa shape index (κ2) is 10.4. The van der Waals surface area contributed by atoms with E-state index in [1.54, 1.807) is 13.8 Å². The molecule has 0 saturated carbocycles. The lowest BCUT2D eigenvalue weighted by molar-refractivity contribution is -0.114. The third kappa shape index (κ3) is 5.95. The fourth-order valence-electron chi connectivity index (χ4n) is 2.97. The first-order chi connectivity index (χ1) is 9.45. The molecule has 0 heterocycles. The number of rotatable bonds is 11. The lowest BCUT2D eigenvalue weighted by Gasteiger charge is -2.29. The Balaban J connectivity index is 5.80. The van der Waals surface area contributed by atoms with Crippen LogP contribution in [0.1, 0.15) is 73.1 Å². The Kier molecular flexibility index (Phi) is 10.2. The third-order valence-corrected chi connectivity index (χ3v) is 9.06. The molecule has 0 radical (unpaired) electrons. The maximum atomic E-state index is 12.1. The van der Waals surface area contributed by atoms with Crippen molar-refractivity contribution in [2.24, 2.45) is 0 Å². The molecular weight excluding hydrogens is 267 g/mol. The highest BCUT2D eigenvalue weighted by Gasteiger charge is 2.27. The fourth-order valence-corrected chi connectivity index (χ4v) is 8.41. The van der Waals surface area contributed by atoms with E-state index in [0.29, 0.717) is 5.29 Å². The van der Waals surface area contributed by atoms with Crippen LogP contribution in [0.4, 0.5) is 0 Å². The highest BCUT2D eigenvalue weighted by molar-refractivity contribution is 7.79. The molecule has 0 aliphatic carbocycles. The highest BCUT2D eigenvalue weighted by atomic mass is 31.2. The average Bonchev–Trinajstić information content (AvgIpc) is 2.39. The first-order valence-electron chi connectivity index (χ1n) is 8.20. The first-order valence-corrected chi connectivity index (χ1v) is 10.5. The molecule has 0 fully saturated rings. The van der Waals surface area contributed by atoms with E-state index in [-0.39, 0.29) is 11.6 Å². The van der Waals surface area contributed by atoms with Crippen molar-refractivity contribution in [3.8, 4) is 0 Å². The summed E-state index contributed by atoms with van der Waals surface area (Å²) < 4.78 is 0. The van der Waals surface area contributed by atoms with E-state index in [1.807, 2.05) is 0 Å². The van der Waals surface area contributed by atoms with Crippen molar-refractivity contribution in [3.05, 3.63) is 0 Å². The van der Waals surface area contributed by atoms with Gasteiger partial charge in [-0.15, -0.1) is 0 Å². The molecule has 118 valence electrons. The summed E-state index contributed by atoms with van der Waals surface area (Å²) in [7, 11) is 0. The van der Waals surface area contributed by atoms with Crippen LogP contribution in [0.15, 0.2) is 0 Å². The maximum Gasteiger partial charge on any atom is 0.163 e. The summed E-state index contributed by atoms with van der Waals surface area (Å²) in [6.07, 6.45) is 10.1. The van der Waals surface area contributed by atoms with E-state index < -0.39 is 6.89 Å². The SMILES string of the molecule is CCCCP(CCCC)(CCCC)=C(C(C)=O)C(C)=O. The summed E-state index contributed by atoms with van der Waals surface area (Å²) in [5.74, 6) is 0.0725. The van der Waals surface area contributed by atoms with Crippen LogP contribution in [0.3, 0.4) is 0 Å². The van der Waals surface area contributed by atoms with Gasteiger partial charge < -0.3 is 0 Å². The van der Waals surface area contributed by atoms with Crippen molar-refractivity contribution in [2.45, 2.75) is 73.1 Å². The minimum absolute atomic E-state index is 0.0362. The van der Waals surface area contributed by atoms with Gasteiger partial charge in [-0.3, -0.25) is 9.59 Å². The molecule has 0 N–H and O–H groups in total. The van der Waals surface area contributed by atoms with Gasteiger partial charge in [0.05, 0.1) is 5.29 Å². The van der Waals surface area contributed by atoms with Gasteiger partial charge in [-0.1, -0.05) is 46.9 Å². The topological polar surface area (TPSA) is 34.1 Å². The molecule has 0 aromatic carbocycles. The summed E-state index contributed by atoms with van der Waals surface area (Å²) >= 11 is 0. The lowest BCUT2D eigenvalue weighted by atomic mass is 10.2. The number of carbonyl (C=O) groups excluding carboxylic acids is 2. The maximum absolute atomic E-state index is 12.1. The molecule has 0 spiro atoms. The van der Waals surface area contributed by atoms with Crippen molar-refractivity contribution >= 4 is 23.7 Å². The second-order valence-corrected chi connectivity index (χ2v) is 9.92. The average molecular weight is 300 g/mol. The number of hydrogen-bond acceptors (Lipinski definition) is 2. The standard InChI is InChI=1S/C17H33O2P/c1-6-9-12-20(13-10-7-2,14-11-8-3)17(15(4)18)16(5)19/h6-14H2,1-5H3. The van der Waals surface area contributed by atoms with E-state index in [9.17, 15) is 9.59 Å². The molecule has 0 aliphatic heterocycles.